The second kappa shape index (κ2) is 7.74. The van der Waals surface area contributed by atoms with Crippen LogP contribution < -0.4 is 9.88 Å². The van der Waals surface area contributed by atoms with Crippen molar-refractivity contribution in [3.8, 4) is 11.1 Å². The number of benzene rings is 2. The van der Waals surface area contributed by atoms with Crippen LogP contribution in [0.4, 0.5) is 5.69 Å². The number of Topliss-reactive ketones (excluding diaryl/α,β-unsaturated/α-hetero) is 1. The smallest absolute Gasteiger partial charge is 0.293 e. The number of aromatic nitrogens is 1. The number of carbonyl (C=O) groups is 2. The molecule has 0 saturated carbocycles. The van der Waals surface area contributed by atoms with Crippen LogP contribution in [0.1, 0.15) is 30.2 Å². The fourth-order valence-electron chi connectivity index (χ4n) is 2.71. The Hall–Kier alpha value is -3.27. The summed E-state index contributed by atoms with van der Waals surface area (Å²) >= 11 is 0. The topological polar surface area (TPSA) is 50.1 Å². The van der Waals surface area contributed by atoms with Gasteiger partial charge in [-0.15, -0.1) is 0 Å². The van der Waals surface area contributed by atoms with Crippen molar-refractivity contribution < 1.29 is 14.2 Å². The zero-order valence-corrected chi connectivity index (χ0v) is 14.8. The molecule has 1 amide bonds. The number of amides is 1. The molecule has 1 N–H and O–H groups in total. The van der Waals surface area contributed by atoms with E-state index in [9.17, 15) is 9.59 Å². The van der Waals surface area contributed by atoms with Crippen molar-refractivity contribution in [3.05, 3.63) is 84.7 Å². The Kier molecular flexibility index (Phi) is 5.23. The summed E-state index contributed by atoms with van der Waals surface area (Å²) in [6, 6.07) is 20.6. The van der Waals surface area contributed by atoms with Crippen LogP contribution in [0.15, 0.2) is 79.1 Å². The van der Waals surface area contributed by atoms with Crippen LogP contribution in [-0.4, -0.2) is 11.7 Å². The maximum Gasteiger partial charge on any atom is 0.293 e. The zero-order chi connectivity index (χ0) is 18.5. The van der Waals surface area contributed by atoms with Crippen LogP contribution in [0.25, 0.3) is 11.1 Å². The predicted molar refractivity (Wildman–Crippen MR) is 102 cm³/mol. The van der Waals surface area contributed by atoms with Crippen LogP contribution in [0.2, 0.25) is 0 Å². The molecule has 1 aromatic heterocycles. The molecule has 3 aromatic rings. The standard InChI is InChI=1S/C22H20N2O2/c1-16(22(26)23-21-12-10-18(11-13-21)17(2)25)24-14-6-9-20(15-24)19-7-4-3-5-8-19/h3-16H,1-2H3/p+1/t16-/m1/s1. The summed E-state index contributed by atoms with van der Waals surface area (Å²) in [4.78, 5) is 23.9. The van der Waals surface area contributed by atoms with E-state index in [1.807, 2.05) is 66.3 Å². The monoisotopic (exact) mass is 345 g/mol. The van der Waals surface area contributed by atoms with E-state index in [1.54, 1.807) is 24.3 Å². The number of anilines is 1. The number of carbonyl (C=O) groups excluding carboxylic acids is 2. The number of pyridine rings is 1. The summed E-state index contributed by atoms with van der Waals surface area (Å²) < 4.78 is 1.89. The van der Waals surface area contributed by atoms with E-state index in [0.29, 0.717) is 11.3 Å². The first kappa shape index (κ1) is 17.5. The van der Waals surface area contributed by atoms with Gasteiger partial charge in [0.15, 0.2) is 18.2 Å². The molecule has 26 heavy (non-hydrogen) atoms. The molecule has 1 atom stereocenters. The van der Waals surface area contributed by atoms with E-state index < -0.39 is 0 Å². The minimum Gasteiger partial charge on any atom is -0.320 e. The lowest BCUT2D eigenvalue weighted by Crippen LogP contribution is -2.44. The SMILES string of the molecule is CC(=O)c1ccc(NC(=O)[C@@H](C)[n+]2cccc(-c3ccccc3)c2)cc1. The number of hydrogen-bond acceptors (Lipinski definition) is 2. The molecule has 0 spiro atoms. The van der Waals surface area contributed by atoms with Crippen LogP contribution in [0.3, 0.4) is 0 Å². The van der Waals surface area contributed by atoms with E-state index in [4.69, 9.17) is 0 Å². The van der Waals surface area contributed by atoms with Gasteiger partial charge in [0.05, 0.1) is 0 Å². The fraction of sp³-hybridized carbons (Fsp3) is 0.136. The highest BCUT2D eigenvalue weighted by Gasteiger charge is 2.22. The Morgan fingerprint density at radius 3 is 2.19 bits per heavy atom. The Balaban J connectivity index is 1.75. The quantitative estimate of drug-likeness (QED) is 0.560. The highest BCUT2D eigenvalue weighted by molar-refractivity contribution is 5.96. The van der Waals surface area contributed by atoms with Crippen molar-refractivity contribution in [1.29, 1.82) is 0 Å². The third-order valence-electron chi connectivity index (χ3n) is 4.31. The molecule has 0 unspecified atom stereocenters. The summed E-state index contributed by atoms with van der Waals surface area (Å²) in [5.74, 6) is -0.111. The average Bonchev–Trinajstić information content (AvgIpc) is 2.68. The van der Waals surface area contributed by atoms with Crippen molar-refractivity contribution in [2.24, 2.45) is 0 Å². The summed E-state index contributed by atoms with van der Waals surface area (Å²) in [5, 5.41) is 2.89. The van der Waals surface area contributed by atoms with Gasteiger partial charge in [0.25, 0.3) is 5.91 Å². The molecule has 0 aliphatic rings. The second-order valence-electron chi connectivity index (χ2n) is 6.20. The lowest BCUT2D eigenvalue weighted by Gasteiger charge is -2.10. The third kappa shape index (κ3) is 4.03. The molecule has 4 heteroatoms. The lowest BCUT2D eigenvalue weighted by molar-refractivity contribution is -0.705. The largest absolute Gasteiger partial charge is 0.320 e. The molecule has 0 saturated heterocycles. The van der Waals surface area contributed by atoms with Gasteiger partial charge in [-0.05, 0) is 42.8 Å². The molecule has 1 heterocycles. The van der Waals surface area contributed by atoms with E-state index in [0.717, 1.165) is 11.1 Å². The Morgan fingerprint density at radius 2 is 1.54 bits per heavy atom. The van der Waals surface area contributed by atoms with E-state index in [2.05, 4.69) is 5.32 Å². The number of nitrogens with one attached hydrogen (secondary N) is 1. The summed E-state index contributed by atoms with van der Waals surface area (Å²) in [6.07, 6.45) is 3.86. The molecule has 130 valence electrons. The fourth-order valence-corrected chi connectivity index (χ4v) is 2.71. The van der Waals surface area contributed by atoms with Crippen molar-refractivity contribution in [1.82, 2.24) is 0 Å². The van der Waals surface area contributed by atoms with Gasteiger partial charge >= 0.3 is 0 Å². The van der Waals surface area contributed by atoms with Gasteiger partial charge < -0.3 is 5.32 Å². The first-order valence-electron chi connectivity index (χ1n) is 8.52. The van der Waals surface area contributed by atoms with E-state index in [1.165, 1.54) is 6.92 Å². The minimum absolute atomic E-state index is 0.00419. The first-order valence-corrected chi connectivity index (χ1v) is 8.52. The normalized spacial score (nSPS) is 11.6. The third-order valence-corrected chi connectivity index (χ3v) is 4.31. The summed E-state index contributed by atoms with van der Waals surface area (Å²) in [5.41, 5.74) is 3.46. The molecule has 0 bridgehead atoms. The van der Waals surface area contributed by atoms with Gasteiger partial charge in [-0.2, -0.15) is 4.57 Å². The van der Waals surface area contributed by atoms with Gasteiger partial charge in [-0.25, -0.2) is 0 Å². The minimum atomic E-state index is -0.369. The van der Waals surface area contributed by atoms with Crippen LogP contribution in [-0.2, 0) is 4.79 Å². The molecular formula is C22H21N2O2+. The van der Waals surface area contributed by atoms with E-state index >= 15 is 0 Å². The first-order chi connectivity index (χ1) is 12.5. The lowest BCUT2D eigenvalue weighted by atomic mass is 10.1. The maximum absolute atomic E-state index is 12.6. The van der Waals surface area contributed by atoms with Crippen molar-refractivity contribution >= 4 is 17.4 Å². The molecule has 2 aromatic carbocycles. The van der Waals surface area contributed by atoms with Gasteiger partial charge in [0.2, 0.25) is 6.04 Å². The molecule has 0 fully saturated rings. The molecular weight excluding hydrogens is 324 g/mol. The van der Waals surface area contributed by atoms with Gasteiger partial charge in [0, 0.05) is 29.8 Å². The average molecular weight is 345 g/mol. The summed E-state index contributed by atoms with van der Waals surface area (Å²) in [7, 11) is 0. The molecule has 4 nitrogen and oxygen atoms in total. The van der Waals surface area contributed by atoms with Gasteiger partial charge in [-0.3, -0.25) is 9.59 Å². The molecule has 0 radical (unpaired) electrons. The van der Waals surface area contributed by atoms with Crippen LogP contribution in [0.5, 0.6) is 0 Å². The number of hydrogen-bond donors (Lipinski definition) is 1. The Morgan fingerprint density at radius 1 is 0.885 bits per heavy atom. The molecule has 0 aliphatic carbocycles. The van der Waals surface area contributed by atoms with Crippen molar-refractivity contribution in [3.63, 3.8) is 0 Å². The van der Waals surface area contributed by atoms with Gasteiger partial charge in [0.1, 0.15) is 0 Å². The molecule has 3 rings (SSSR count). The predicted octanol–water partition coefficient (Wildman–Crippen LogP) is 4.04. The van der Waals surface area contributed by atoms with Crippen LogP contribution >= 0.6 is 0 Å². The van der Waals surface area contributed by atoms with Crippen molar-refractivity contribution in [2.75, 3.05) is 5.32 Å². The van der Waals surface area contributed by atoms with Crippen molar-refractivity contribution in [2.45, 2.75) is 19.9 Å². The Labute approximate surface area is 153 Å². The second-order valence-corrected chi connectivity index (χ2v) is 6.20. The number of nitrogens with zero attached hydrogens (tertiary/aromatic N) is 1. The molecule has 0 aliphatic heterocycles. The van der Waals surface area contributed by atoms with E-state index in [-0.39, 0.29) is 17.7 Å². The summed E-state index contributed by atoms with van der Waals surface area (Å²) in [6.45, 7) is 3.38. The number of rotatable bonds is 5. The van der Waals surface area contributed by atoms with Gasteiger partial charge in [-0.1, -0.05) is 30.3 Å². The Bertz CT molecular complexity index is 918. The number of ketones is 1. The van der Waals surface area contributed by atoms with Crippen LogP contribution in [0, 0.1) is 0 Å². The zero-order valence-electron chi connectivity index (χ0n) is 14.8. The highest BCUT2D eigenvalue weighted by Crippen LogP contribution is 2.17. The highest BCUT2D eigenvalue weighted by atomic mass is 16.2. The maximum atomic E-state index is 12.6.